The van der Waals surface area contributed by atoms with E-state index in [9.17, 15) is 19.2 Å². The Morgan fingerprint density at radius 1 is 1.00 bits per heavy atom. The molecule has 0 saturated carbocycles. The van der Waals surface area contributed by atoms with Crippen molar-refractivity contribution in [1.29, 1.82) is 0 Å². The molecule has 0 fully saturated rings. The van der Waals surface area contributed by atoms with Crippen molar-refractivity contribution >= 4 is 47.4 Å². The number of rotatable bonds is 9. The summed E-state index contributed by atoms with van der Waals surface area (Å²) in [7, 11) is 0. The molecule has 9 nitrogen and oxygen atoms in total. The SMILES string of the molecule is O=C(O)CSCC(=O)OC(SC(O)C(=O)O)C(=O)O. The number of ether oxygens (including phenoxy) is 1. The lowest BCUT2D eigenvalue weighted by Gasteiger charge is -2.14. The van der Waals surface area contributed by atoms with Gasteiger partial charge in [0.15, 0.2) is 0 Å². The van der Waals surface area contributed by atoms with E-state index in [-0.39, 0.29) is 17.5 Å². The maximum atomic E-state index is 11.1. The van der Waals surface area contributed by atoms with Crippen LogP contribution in [0.25, 0.3) is 0 Å². The molecule has 11 heteroatoms. The molecule has 2 atom stereocenters. The van der Waals surface area contributed by atoms with E-state index in [2.05, 4.69) is 4.74 Å². The summed E-state index contributed by atoms with van der Waals surface area (Å²) in [5.41, 5.74) is -3.94. The second kappa shape index (κ2) is 8.61. The highest BCUT2D eigenvalue weighted by atomic mass is 32.2. The second-order valence-electron chi connectivity index (χ2n) is 2.87. The number of carbonyl (C=O) groups excluding carboxylic acids is 1. The van der Waals surface area contributed by atoms with Gasteiger partial charge in [0.2, 0.25) is 10.9 Å². The Hall–Kier alpha value is -1.46. The minimum Gasteiger partial charge on any atom is -0.481 e. The highest BCUT2D eigenvalue weighted by Crippen LogP contribution is 2.18. The number of aliphatic hydroxyl groups excluding tert-OH is 1. The maximum absolute atomic E-state index is 11.1. The van der Waals surface area contributed by atoms with Crippen LogP contribution in [-0.2, 0) is 23.9 Å². The Kier molecular flexibility index (Phi) is 7.95. The summed E-state index contributed by atoms with van der Waals surface area (Å²) in [5.74, 6) is -6.25. The van der Waals surface area contributed by atoms with Gasteiger partial charge in [-0.3, -0.25) is 9.59 Å². The molecule has 2 unspecified atom stereocenters. The fourth-order valence-corrected chi connectivity index (χ4v) is 1.83. The lowest BCUT2D eigenvalue weighted by Crippen LogP contribution is -2.29. The first-order valence-electron chi connectivity index (χ1n) is 4.52. The smallest absolute Gasteiger partial charge is 0.355 e. The number of carboxylic acids is 3. The normalized spacial score (nSPS) is 13.3. The van der Waals surface area contributed by atoms with Gasteiger partial charge in [-0.05, 0) is 0 Å². The van der Waals surface area contributed by atoms with Gasteiger partial charge in [0.1, 0.15) is 0 Å². The number of thioether (sulfide) groups is 2. The molecule has 0 aliphatic rings. The highest BCUT2D eigenvalue weighted by Gasteiger charge is 2.29. The van der Waals surface area contributed by atoms with Gasteiger partial charge in [0, 0.05) is 0 Å². The summed E-state index contributed by atoms with van der Waals surface area (Å²) in [5, 5.41) is 34.3. The topological polar surface area (TPSA) is 158 Å². The minimum absolute atomic E-state index is 0.0168. The first-order valence-corrected chi connectivity index (χ1v) is 6.62. The van der Waals surface area contributed by atoms with Gasteiger partial charge in [-0.25, -0.2) is 9.59 Å². The van der Waals surface area contributed by atoms with Crippen LogP contribution >= 0.6 is 23.5 Å². The molecule has 108 valence electrons. The van der Waals surface area contributed by atoms with Crippen molar-refractivity contribution in [3.8, 4) is 0 Å². The van der Waals surface area contributed by atoms with Crippen molar-refractivity contribution < 1.29 is 44.3 Å². The zero-order valence-corrected chi connectivity index (χ0v) is 10.8. The van der Waals surface area contributed by atoms with E-state index in [1.54, 1.807) is 0 Å². The van der Waals surface area contributed by atoms with Crippen LogP contribution in [0, 0.1) is 0 Å². The van der Waals surface area contributed by atoms with Crippen molar-refractivity contribution in [3.63, 3.8) is 0 Å². The van der Waals surface area contributed by atoms with Crippen LogP contribution in [0.1, 0.15) is 0 Å². The summed E-state index contributed by atoms with van der Waals surface area (Å²) in [6, 6.07) is 0. The Labute approximate surface area is 114 Å². The number of hydrogen-bond acceptors (Lipinski definition) is 8. The van der Waals surface area contributed by atoms with Crippen LogP contribution < -0.4 is 0 Å². The average molecular weight is 314 g/mol. The fraction of sp³-hybridized carbons (Fsp3) is 0.500. The van der Waals surface area contributed by atoms with E-state index in [1.807, 2.05) is 0 Å². The van der Waals surface area contributed by atoms with Crippen LogP contribution in [-0.4, -0.2) is 66.7 Å². The van der Waals surface area contributed by atoms with Crippen molar-refractivity contribution in [1.82, 2.24) is 0 Å². The molecular weight excluding hydrogens is 304 g/mol. The maximum Gasteiger partial charge on any atom is 0.355 e. The largest absolute Gasteiger partial charge is 0.481 e. The lowest BCUT2D eigenvalue weighted by atomic mass is 10.7. The van der Waals surface area contributed by atoms with Gasteiger partial charge < -0.3 is 25.2 Å². The Morgan fingerprint density at radius 2 is 1.58 bits per heavy atom. The molecule has 19 heavy (non-hydrogen) atoms. The Bertz CT molecular complexity index is 369. The van der Waals surface area contributed by atoms with Crippen LogP contribution in [0.2, 0.25) is 0 Å². The minimum atomic E-state index is -2.06. The van der Waals surface area contributed by atoms with Gasteiger partial charge in [-0.1, -0.05) is 11.8 Å². The number of aliphatic carboxylic acids is 3. The first kappa shape index (κ1) is 17.5. The first-order chi connectivity index (χ1) is 8.73. The summed E-state index contributed by atoms with van der Waals surface area (Å²) in [6.45, 7) is 0. The van der Waals surface area contributed by atoms with Crippen molar-refractivity contribution in [2.45, 2.75) is 10.9 Å². The lowest BCUT2D eigenvalue weighted by molar-refractivity contribution is -0.156. The molecule has 4 N–H and O–H groups in total. The molecule has 0 heterocycles. The van der Waals surface area contributed by atoms with Crippen LogP contribution in [0.3, 0.4) is 0 Å². The molecule has 0 aromatic rings. The van der Waals surface area contributed by atoms with E-state index >= 15 is 0 Å². The Balaban J connectivity index is 4.27. The van der Waals surface area contributed by atoms with Crippen molar-refractivity contribution in [2.75, 3.05) is 11.5 Å². The summed E-state index contributed by atoms with van der Waals surface area (Å²) in [4.78, 5) is 42.3. The van der Waals surface area contributed by atoms with Gasteiger partial charge in [-0.2, -0.15) is 0 Å². The van der Waals surface area contributed by atoms with E-state index in [0.29, 0.717) is 11.8 Å². The third kappa shape index (κ3) is 8.29. The van der Waals surface area contributed by atoms with Crippen molar-refractivity contribution in [2.24, 2.45) is 0 Å². The molecule has 0 rings (SSSR count). The Morgan fingerprint density at radius 3 is 2.00 bits per heavy atom. The number of esters is 1. The van der Waals surface area contributed by atoms with Crippen LogP contribution in [0.15, 0.2) is 0 Å². The molecule has 0 aromatic carbocycles. The molecule has 0 aliphatic carbocycles. The predicted molar refractivity (Wildman–Crippen MR) is 63.7 cm³/mol. The quantitative estimate of drug-likeness (QED) is 0.302. The molecule has 0 spiro atoms. The molecule has 0 aliphatic heterocycles. The fourth-order valence-electron chi connectivity index (χ4n) is 0.687. The number of carbonyl (C=O) groups is 4. The molecule has 0 radical (unpaired) electrons. The van der Waals surface area contributed by atoms with Crippen molar-refractivity contribution in [3.05, 3.63) is 0 Å². The summed E-state index contributed by atoms with van der Waals surface area (Å²) in [6.07, 6.45) is 0. The molecule has 0 saturated heterocycles. The van der Waals surface area contributed by atoms with Gasteiger partial charge in [0.25, 0.3) is 0 Å². The second-order valence-corrected chi connectivity index (χ2v) is 5.01. The van der Waals surface area contributed by atoms with Crippen LogP contribution in [0.5, 0.6) is 0 Å². The number of hydrogen-bond donors (Lipinski definition) is 4. The van der Waals surface area contributed by atoms with Gasteiger partial charge >= 0.3 is 23.9 Å². The number of carboxylic acid groups (broad SMARTS) is 3. The third-order valence-corrected chi connectivity index (χ3v) is 3.24. The van der Waals surface area contributed by atoms with E-state index in [1.165, 1.54) is 0 Å². The molecule has 0 amide bonds. The zero-order valence-electron chi connectivity index (χ0n) is 9.22. The summed E-state index contributed by atoms with van der Waals surface area (Å²) < 4.78 is 4.40. The molecular formula is C8H10O9S2. The van der Waals surface area contributed by atoms with E-state index < -0.39 is 40.5 Å². The van der Waals surface area contributed by atoms with Gasteiger partial charge in [0.05, 0.1) is 11.5 Å². The molecule has 0 bridgehead atoms. The number of aliphatic hydroxyl groups is 1. The van der Waals surface area contributed by atoms with E-state index in [4.69, 9.17) is 20.4 Å². The third-order valence-electron chi connectivity index (χ3n) is 1.35. The highest BCUT2D eigenvalue weighted by molar-refractivity contribution is 8.01. The monoisotopic (exact) mass is 314 g/mol. The standard InChI is InChI=1S/C8H10O9S2/c9-3(10)1-18-2-4(11)17-8(6(14)15)19-7(16)5(12)13/h7-8,16H,1-2H2,(H,9,10)(H,12,13)(H,14,15). The average Bonchev–Trinajstić information content (AvgIpc) is 2.26. The van der Waals surface area contributed by atoms with Gasteiger partial charge in [-0.15, -0.1) is 11.8 Å². The van der Waals surface area contributed by atoms with E-state index in [0.717, 1.165) is 0 Å². The van der Waals surface area contributed by atoms with Crippen LogP contribution in [0.4, 0.5) is 0 Å². The summed E-state index contributed by atoms with van der Waals surface area (Å²) >= 11 is 0.710. The predicted octanol–water partition coefficient (Wildman–Crippen LogP) is -1.11. The molecule has 0 aromatic heterocycles. The zero-order chi connectivity index (χ0) is 15.0.